The Hall–Kier alpha value is -3.60. The van der Waals surface area contributed by atoms with E-state index in [1.165, 1.54) is 12.7 Å². The summed E-state index contributed by atoms with van der Waals surface area (Å²) >= 11 is 0. The first-order valence-corrected chi connectivity index (χ1v) is 8.91. The largest absolute Gasteiger partial charge is 0.490 e. The smallest absolute Gasteiger partial charge is 0.475 e. The fourth-order valence-electron chi connectivity index (χ4n) is 2.18. The molecule has 0 bridgehead atoms. The Labute approximate surface area is 176 Å². The molecule has 0 heterocycles. The maximum atomic E-state index is 11.0. The van der Waals surface area contributed by atoms with E-state index in [2.05, 4.69) is 15.4 Å². The Balaban J connectivity index is 0.000000592. The number of anilines is 2. The van der Waals surface area contributed by atoms with Crippen LogP contribution in [0.4, 0.5) is 24.5 Å². The number of methoxy groups -OCH3 is 1. The highest BCUT2D eigenvalue weighted by atomic mass is 19.4. The minimum atomic E-state index is -5.08. The molecule has 6 N–H and O–H groups in total. The summed E-state index contributed by atoms with van der Waals surface area (Å²) in [6.07, 6.45) is -4.25. The zero-order chi connectivity index (χ0) is 23.4. The number of rotatable bonds is 8. The van der Waals surface area contributed by atoms with E-state index < -0.39 is 12.1 Å². The Bertz CT molecular complexity index is 887. The van der Waals surface area contributed by atoms with Crippen LogP contribution < -0.4 is 16.4 Å². The number of hydrogen-bond donors (Lipinski definition) is 5. The molecule has 2 aromatic rings. The van der Waals surface area contributed by atoms with Crippen LogP contribution in [-0.2, 0) is 20.7 Å². The van der Waals surface area contributed by atoms with Crippen molar-refractivity contribution in [2.45, 2.75) is 12.6 Å². The van der Waals surface area contributed by atoms with Crippen molar-refractivity contribution < 1.29 is 32.6 Å². The van der Waals surface area contributed by atoms with Crippen molar-refractivity contribution in [2.24, 2.45) is 5.73 Å². The third-order valence-corrected chi connectivity index (χ3v) is 3.75. The third kappa shape index (κ3) is 10.1. The monoisotopic (exact) mass is 440 g/mol. The lowest BCUT2D eigenvalue weighted by Crippen LogP contribution is -2.25. The minimum absolute atomic E-state index is 0.0495. The van der Waals surface area contributed by atoms with Crippen LogP contribution in [-0.4, -0.2) is 49.3 Å². The van der Waals surface area contributed by atoms with Crippen LogP contribution in [0.15, 0.2) is 48.5 Å². The number of nitrogens with one attached hydrogen (secondary N) is 3. The lowest BCUT2D eigenvalue weighted by Gasteiger charge is -2.09. The number of hydrogen-bond acceptors (Lipinski definition) is 6. The molecule has 0 fully saturated rings. The number of carboxylic acids is 1. The first-order chi connectivity index (χ1) is 14.5. The first kappa shape index (κ1) is 25.4. The average molecular weight is 440 g/mol. The summed E-state index contributed by atoms with van der Waals surface area (Å²) in [5.74, 6) is -2.97. The molecular weight excluding hydrogens is 417 g/mol. The number of carbonyl (C=O) groups is 2. The van der Waals surface area contributed by atoms with Crippen LogP contribution >= 0.6 is 0 Å². The van der Waals surface area contributed by atoms with E-state index >= 15 is 0 Å². The molecule has 0 saturated heterocycles. The number of nitrogens with two attached hydrogens (primary N) is 1. The molecule has 0 atom stereocenters. The molecule has 8 nitrogen and oxygen atoms in total. The Morgan fingerprint density at radius 1 is 1.13 bits per heavy atom. The molecule has 0 aliphatic heterocycles. The van der Waals surface area contributed by atoms with Gasteiger partial charge in [-0.1, -0.05) is 24.3 Å². The number of esters is 1. The summed E-state index contributed by atoms with van der Waals surface area (Å²) in [5.41, 5.74) is 9.21. The number of aliphatic carboxylic acids is 1. The number of benzene rings is 2. The second kappa shape index (κ2) is 12.2. The highest BCUT2D eigenvalue weighted by molar-refractivity contribution is 5.95. The summed E-state index contributed by atoms with van der Waals surface area (Å²) in [5, 5.41) is 20.9. The van der Waals surface area contributed by atoms with Gasteiger partial charge in [0.15, 0.2) is 0 Å². The van der Waals surface area contributed by atoms with Crippen LogP contribution in [0.25, 0.3) is 0 Å². The first-order valence-electron chi connectivity index (χ1n) is 8.91. The van der Waals surface area contributed by atoms with Gasteiger partial charge in [0.25, 0.3) is 0 Å². The summed E-state index contributed by atoms with van der Waals surface area (Å²) in [7, 11) is 1.38. The molecule has 0 saturated carbocycles. The van der Waals surface area contributed by atoms with Gasteiger partial charge in [-0.2, -0.15) is 13.2 Å². The molecule has 2 aromatic carbocycles. The van der Waals surface area contributed by atoms with Crippen molar-refractivity contribution in [3.05, 3.63) is 59.7 Å². The average Bonchev–Trinajstić information content (AvgIpc) is 2.72. The quantitative estimate of drug-likeness (QED) is 0.184. The molecule has 11 heteroatoms. The van der Waals surface area contributed by atoms with Crippen LogP contribution in [0.1, 0.15) is 11.1 Å². The molecule has 31 heavy (non-hydrogen) atoms. The van der Waals surface area contributed by atoms with Crippen molar-refractivity contribution in [1.29, 1.82) is 5.41 Å². The van der Waals surface area contributed by atoms with Crippen LogP contribution in [0, 0.1) is 5.41 Å². The molecule has 2 rings (SSSR count). The SMILES string of the molecule is COC(=O)CNCCc1ccc(Nc2cccc(C(=N)N)c2)cc1.O=C(O)C(F)(F)F. The zero-order valence-electron chi connectivity index (χ0n) is 16.6. The highest BCUT2D eigenvalue weighted by Gasteiger charge is 2.38. The van der Waals surface area contributed by atoms with Gasteiger partial charge >= 0.3 is 18.1 Å². The fraction of sp³-hybridized carbons (Fsp3) is 0.250. The number of carbonyl (C=O) groups excluding carboxylic acids is 1. The van der Waals surface area contributed by atoms with Gasteiger partial charge < -0.3 is 26.2 Å². The molecule has 0 radical (unpaired) electrons. The topological polar surface area (TPSA) is 138 Å². The number of nitrogen functional groups attached to an aromatic ring is 1. The van der Waals surface area contributed by atoms with E-state index in [4.69, 9.17) is 21.0 Å². The van der Waals surface area contributed by atoms with Gasteiger partial charge in [-0.15, -0.1) is 0 Å². The van der Waals surface area contributed by atoms with Crippen LogP contribution in [0.5, 0.6) is 0 Å². The van der Waals surface area contributed by atoms with E-state index in [0.717, 1.165) is 17.8 Å². The molecule has 0 unspecified atom stereocenters. The Morgan fingerprint density at radius 2 is 1.74 bits per heavy atom. The molecule has 168 valence electrons. The molecule has 0 aliphatic rings. The van der Waals surface area contributed by atoms with Gasteiger partial charge in [-0.05, 0) is 42.8 Å². The molecule has 0 spiro atoms. The fourth-order valence-corrected chi connectivity index (χ4v) is 2.18. The zero-order valence-corrected chi connectivity index (χ0v) is 16.6. The number of alkyl halides is 3. The maximum absolute atomic E-state index is 11.0. The van der Waals surface area contributed by atoms with E-state index in [1.807, 2.05) is 42.5 Å². The van der Waals surface area contributed by atoms with Crippen molar-refractivity contribution in [2.75, 3.05) is 25.5 Å². The lowest BCUT2D eigenvalue weighted by atomic mass is 10.1. The lowest BCUT2D eigenvalue weighted by molar-refractivity contribution is -0.192. The summed E-state index contributed by atoms with van der Waals surface area (Å²) in [6, 6.07) is 15.5. The summed E-state index contributed by atoms with van der Waals surface area (Å²) in [4.78, 5) is 19.9. The van der Waals surface area contributed by atoms with Crippen molar-refractivity contribution in [1.82, 2.24) is 5.32 Å². The van der Waals surface area contributed by atoms with E-state index in [0.29, 0.717) is 12.1 Å². The van der Waals surface area contributed by atoms with Gasteiger partial charge in [0.1, 0.15) is 5.84 Å². The number of halogens is 3. The van der Waals surface area contributed by atoms with Gasteiger partial charge in [-0.3, -0.25) is 10.2 Å². The highest BCUT2D eigenvalue weighted by Crippen LogP contribution is 2.18. The number of amidine groups is 1. The van der Waals surface area contributed by atoms with Crippen LogP contribution in [0.3, 0.4) is 0 Å². The van der Waals surface area contributed by atoms with E-state index in [1.54, 1.807) is 6.07 Å². The van der Waals surface area contributed by atoms with E-state index in [-0.39, 0.29) is 18.3 Å². The van der Waals surface area contributed by atoms with Crippen molar-refractivity contribution in [3.63, 3.8) is 0 Å². The molecular formula is C20H23F3N4O4. The Kier molecular flexibility index (Phi) is 9.99. The Morgan fingerprint density at radius 3 is 2.26 bits per heavy atom. The second-order valence-electron chi connectivity index (χ2n) is 6.12. The summed E-state index contributed by atoms with van der Waals surface area (Å²) < 4.78 is 36.3. The van der Waals surface area contributed by atoms with Crippen LogP contribution in [0.2, 0.25) is 0 Å². The van der Waals surface area contributed by atoms with Gasteiger partial charge in [0, 0.05) is 16.9 Å². The second-order valence-corrected chi connectivity index (χ2v) is 6.12. The van der Waals surface area contributed by atoms with Gasteiger partial charge in [0.05, 0.1) is 13.7 Å². The van der Waals surface area contributed by atoms with Crippen molar-refractivity contribution >= 4 is 29.1 Å². The molecule has 0 aromatic heterocycles. The standard InChI is InChI=1S/C18H22N4O2.C2HF3O2/c1-24-17(23)12-21-10-9-13-5-7-15(8-6-13)22-16-4-2-3-14(11-16)18(19)20;3-2(4,5)1(6)7/h2-8,11,21-22H,9-10,12H2,1H3,(H3,19,20);(H,6,7). The minimum Gasteiger partial charge on any atom is -0.475 e. The number of ether oxygens (including phenoxy) is 1. The van der Waals surface area contributed by atoms with Gasteiger partial charge in [-0.25, -0.2) is 4.79 Å². The van der Waals surface area contributed by atoms with E-state index in [9.17, 15) is 18.0 Å². The van der Waals surface area contributed by atoms with Gasteiger partial charge in [0.2, 0.25) is 0 Å². The predicted molar refractivity (Wildman–Crippen MR) is 109 cm³/mol. The van der Waals surface area contributed by atoms with Crippen molar-refractivity contribution in [3.8, 4) is 0 Å². The maximum Gasteiger partial charge on any atom is 0.490 e. The molecule has 0 aliphatic carbocycles. The predicted octanol–water partition coefficient (Wildman–Crippen LogP) is 2.65. The summed E-state index contributed by atoms with van der Waals surface area (Å²) in [6.45, 7) is 0.936. The third-order valence-electron chi connectivity index (χ3n) is 3.75. The molecule has 0 amide bonds. The normalized spacial score (nSPS) is 10.5. The number of carboxylic acid groups (broad SMARTS) is 1.